The van der Waals surface area contributed by atoms with Crippen LogP contribution in [0.4, 0.5) is 0 Å². The molecule has 0 aromatic carbocycles. The summed E-state index contributed by atoms with van der Waals surface area (Å²) < 4.78 is 4.92. The Morgan fingerprint density at radius 3 is 1.28 bits per heavy atom. The summed E-state index contributed by atoms with van der Waals surface area (Å²) in [6.07, 6.45) is 3.71. The van der Waals surface area contributed by atoms with Crippen LogP contribution in [-0.4, -0.2) is 77.5 Å². The molecule has 0 heterocycles. The zero-order valence-corrected chi connectivity index (χ0v) is 24.7. The van der Waals surface area contributed by atoms with Crippen molar-refractivity contribution >= 4 is 30.7 Å². The Morgan fingerprint density at radius 1 is 0.759 bits per heavy atom. The molecule has 0 saturated heterocycles. The minimum absolute atomic E-state index is 0.0181. The maximum atomic E-state index is 12.2. The fraction of sp³-hybridized carbons (Fsp3) is 0.957. The Hall–Kier alpha value is 0.507. The quantitative estimate of drug-likeness (QED) is 0.170. The summed E-state index contributed by atoms with van der Waals surface area (Å²) in [5.74, 6) is 0. The van der Waals surface area contributed by atoms with Crippen LogP contribution in [-0.2, 0) is 4.79 Å². The number of amides is 1. The third-order valence-electron chi connectivity index (χ3n) is 6.10. The van der Waals surface area contributed by atoms with Gasteiger partial charge in [-0.3, -0.25) is 4.79 Å². The number of carbonyl (C=O) groups is 1. The minimum atomic E-state index is -2.05. The largest absolute Gasteiger partial charge is 0.354 e. The molecule has 0 aliphatic rings. The first kappa shape index (κ1) is 29.5. The van der Waals surface area contributed by atoms with E-state index in [1.54, 1.807) is 0 Å². The van der Waals surface area contributed by atoms with Crippen molar-refractivity contribution in [2.45, 2.75) is 117 Å². The lowest BCUT2D eigenvalue weighted by Crippen LogP contribution is -2.67. The first-order valence-corrected chi connectivity index (χ1v) is 17.8. The normalized spacial score (nSPS) is 13.8. The molecule has 6 heteroatoms. The second kappa shape index (κ2) is 12.5. The molecule has 0 aromatic heterocycles. The molecule has 29 heavy (non-hydrogen) atoms. The smallest absolute Gasteiger partial charge is 0.231 e. The number of carbonyl (C=O) groups excluding carboxylic acids is 1. The van der Waals surface area contributed by atoms with E-state index in [4.69, 9.17) is 0 Å². The van der Waals surface area contributed by atoms with Gasteiger partial charge in [0.15, 0.2) is 0 Å². The van der Waals surface area contributed by atoms with Crippen molar-refractivity contribution in [3.05, 3.63) is 0 Å². The fourth-order valence-electron chi connectivity index (χ4n) is 4.62. The van der Waals surface area contributed by atoms with Gasteiger partial charge in [-0.1, -0.05) is 55.4 Å². The van der Waals surface area contributed by atoms with E-state index in [0.29, 0.717) is 0 Å². The highest BCUT2D eigenvalue weighted by Crippen LogP contribution is 2.47. The number of hydrogen-bond acceptors (Lipinski definition) is 2. The Morgan fingerprint density at radius 2 is 1.07 bits per heavy atom. The second-order valence-electron chi connectivity index (χ2n) is 11.0. The molecule has 0 atom stereocenters. The summed E-state index contributed by atoms with van der Waals surface area (Å²) in [6, 6.07) is 0. The minimum Gasteiger partial charge on any atom is -0.354 e. The van der Waals surface area contributed by atoms with E-state index in [2.05, 4.69) is 98.4 Å². The van der Waals surface area contributed by atoms with Crippen LogP contribution < -0.4 is 0 Å². The van der Waals surface area contributed by atoms with Gasteiger partial charge in [-0.25, -0.2) is 0 Å². The van der Waals surface area contributed by atoms with Gasteiger partial charge in [0.05, 0.1) is 0 Å². The van der Waals surface area contributed by atoms with Crippen LogP contribution in [0, 0.1) is 0 Å². The van der Waals surface area contributed by atoms with Gasteiger partial charge >= 0.3 is 0 Å². The Kier molecular flexibility index (Phi) is 12.7. The van der Waals surface area contributed by atoms with E-state index in [1.165, 1.54) is 12.3 Å². The topological polar surface area (TPSA) is 23.6 Å². The van der Waals surface area contributed by atoms with Crippen LogP contribution in [0.2, 0.25) is 13.1 Å². The van der Waals surface area contributed by atoms with Crippen LogP contribution in [0.15, 0.2) is 0 Å². The average molecular weight is 463 g/mol. The molecule has 0 fully saturated rings. The van der Waals surface area contributed by atoms with Crippen LogP contribution in [0.25, 0.3) is 0 Å². The summed E-state index contributed by atoms with van der Waals surface area (Å²) >= 11 is 0. The average Bonchev–Trinajstić information content (AvgIpc) is 2.50. The monoisotopic (exact) mass is 462 g/mol. The molecule has 0 radical (unpaired) electrons. The van der Waals surface area contributed by atoms with Gasteiger partial charge in [-0.15, -0.1) is 15.8 Å². The van der Waals surface area contributed by atoms with E-state index >= 15 is 0 Å². The molecule has 0 aliphatic carbocycles. The predicted octanol–water partition coefficient (Wildman–Crippen LogP) is 6.84. The van der Waals surface area contributed by atoms with Crippen molar-refractivity contribution in [1.29, 1.82) is 0 Å². The lowest BCUT2D eigenvalue weighted by Gasteiger charge is -2.50. The Balaban J connectivity index is 5.70. The standard InChI is InChI=1S/C23H52N2OP2Si/c1-19(2)27(20(3)4)16-14-24(15-17-28(21(5)6)22(7)8)29(12,13)25(18-26)23(9,10)11/h18-22H,14-17H2,1-13H3. The van der Waals surface area contributed by atoms with E-state index in [-0.39, 0.29) is 21.4 Å². The first-order valence-electron chi connectivity index (χ1n) is 11.6. The first-order chi connectivity index (χ1) is 13.1. The van der Waals surface area contributed by atoms with Gasteiger partial charge in [0.2, 0.25) is 14.8 Å². The zero-order chi connectivity index (χ0) is 23.2. The predicted molar refractivity (Wildman–Crippen MR) is 141 cm³/mol. The molecular formula is C23H52N2OP2Si. The van der Waals surface area contributed by atoms with Crippen molar-refractivity contribution in [2.24, 2.45) is 0 Å². The maximum absolute atomic E-state index is 12.2. The van der Waals surface area contributed by atoms with Crippen molar-refractivity contribution in [2.75, 3.05) is 25.4 Å². The number of hydrogen-bond donors (Lipinski definition) is 0. The Bertz CT molecular complexity index is 436. The van der Waals surface area contributed by atoms with Gasteiger partial charge in [-0.2, -0.15) is 0 Å². The lowest BCUT2D eigenvalue weighted by atomic mass is 10.1. The molecule has 0 spiro atoms. The van der Waals surface area contributed by atoms with Gasteiger partial charge < -0.3 is 9.13 Å². The van der Waals surface area contributed by atoms with Gasteiger partial charge in [0.1, 0.15) is 0 Å². The summed E-state index contributed by atoms with van der Waals surface area (Å²) in [7, 11) is -2.01. The third-order valence-corrected chi connectivity index (χ3v) is 16.8. The number of nitrogens with zero attached hydrogens (tertiary/aromatic N) is 2. The van der Waals surface area contributed by atoms with Crippen molar-refractivity contribution in [3.8, 4) is 0 Å². The molecule has 0 bridgehead atoms. The second-order valence-corrected chi connectivity index (χ2v) is 22.2. The molecule has 0 aromatic rings. The van der Waals surface area contributed by atoms with E-state index < -0.39 is 8.40 Å². The summed E-state index contributed by atoms with van der Waals surface area (Å²) in [5, 5.41) is 0. The number of rotatable bonds is 13. The van der Waals surface area contributed by atoms with E-state index in [1.807, 2.05) is 0 Å². The summed E-state index contributed by atoms with van der Waals surface area (Å²) in [6.45, 7) is 32.7. The summed E-state index contributed by atoms with van der Waals surface area (Å²) in [5.41, 5.74) is 2.95. The molecule has 0 rings (SSSR count). The van der Waals surface area contributed by atoms with Gasteiger partial charge in [0, 0.05) is 5.54 Å². The van der Waals surface area contributed by atoms with Crippen LogP contribution in [0.3, 0.4) is 0 Å². The molecule has 3 nitrogen and oxygen atoms in total. The zero-order valence-electron chi connectivity index (χ0n) is 21.9. The van der Waals surface area contributed by atoms with E-state index in [9.17, 15) is 4.79 Å². The maximum Gasteiger partial charge on any atom is 0.231 e. The van der Waals surface area contributed by atoms with Gasteiger partial charge in [-0.05, 0) is 81.9 Å². The van der Waals surface area contributed by atoms with Crippen LogP contribution in [0.1, 0.15) is 76.2 Å². The molecule has 0 saturated carbocycles. The van der Waals surface area contributed by atoms with Crippen molar-refractivity contribution in [1.82, 2.24) is 9.13 Å². The van der Waals surface area contributed by atoms with Crippen molar-refractivity contribution in [3.63, 3.8) is 0 Å². The SMILES string of the molecule is CC(C)P(CCN(CCP(C(C)C)C(C)C)[Si](C)(C)N(C=O)C(C)(C)C)C(C)C. The van der Waals surface area contributed by atoms with Crippen LogP contribution in [0.5, 0.6) is 0 Å². The highest BCUT2D eigenvalue weighted by Gasteiger charge is 2.41. The molecule has 1 amide bonds. The van der Waals surface area contributed by atoms with E-state index in [0.717, 1.165) is 42.1 Å². The highest BCUT2D eigenvalue weighted by atomic mass is 31.1. The molecular weight excluding hydrogens is 410 g/mol. The van der Waals surface area contributed by atoms with Crippen molar-refractivity contribution < 1.29 is 4.79 Å². The molecule has 0 N–H and O–H groups in total. The van der Waals surface area contributed by atoms with Gasteiger partial charge in [0.25, 0.3) is 0 Å². The molecule has 174 valence electrons. The summed E-state index contributed by atoms with van der Waals surface area (Å²) in [4.78, 5) is 12.2. The molecule has 0 unspecified atom stereocenters. The Labute approximate surface area is 187 Å². The molecule has 0 aliphatic heterocycles. The van der Waals surface area contributed by atoms with Crippen LogP contribution >= 0.6 is 15.8 Å². The third kappa shape index (κ3) is 9.26. The lowest BCUT2D eigenvalue weighted by molar-refractivity contribution is -0.117. The fourth-order valence-corrected chi connectivity index (χ4v) is 13.9. The highest BCUT2D eigenvalue weighted by molar-refractivity contribution is 7.59.